The van der Waals surface area contributed by atoms with Gasteiger partial charge in [0.15, 0.2) is 17.3 Å². The summed E-state index contributed by atoms with van der Waals surface area (Å²) in [5, 5.41) is 0. The molecule has 0 saturated carbocycles. The zero-order valence-electron chi connectivity index (χ0n) is 13.3. The molecule has 0 radical (unpaired) electrons. The molecule has 0 spiro atoms. The molecule has 0 unspecified atom stereocenters. The predicted molar refractivity (Wildman–Crippen MR) is 87.3 cm³/mol. The fraction of sp³-hybridized carbons (Fsp3) is 0.471. The van der Waals surface area contributed by atoms with Gasteiger partial charge in [-0.1, -0.05) is 12.1 Å². The van der Waals surface area contributed by atoms with Crippen LogP contribution in [-0.2, 0) is 14.3 Å². The lowest BCUT2D eigenvalue weighted by molar-refractivity contribution is -0.152. The number of aryl methyl sites for hydroxylation is 2. The van der Waals surface area contributed by atoms with Crippen LogP contribution in [0.4, 0.5) is 0 Å². The van der Waals surface area contributed by atoms with E-state index in [1.54, 1.807) is 17.0 Å². The van der Waals surface area contributed by atoms with Gasteiger partial charge in [-0.15, -0.1) is 11.8 Å². The van der Waals surface area contributed by atoms with Crippen molar-refractivity contribution in [2.75, 3.05) is 18.9 Å². The number of hydrogen-bond acceptors (Lipinski definition) is 5. The van der Waals surface area contributed by atoms with Gasteiger partial charge in [-0.2, -0.15) is 0 Å². The van der Waals surface area contributed by atoms with Crippen molar-refractivity contribution in [2.45, 2.75) is 31.6 Å². The largest absolute Gasteiger partial charge is 0.455 e. The number of thioether (sulfide) groups is 1. The number of rotatable bonds is 4. The van der Waals surface area contributed by atoms with Crippen LogP contribution in [0.2, 0.25) is 0 Å². The van der Waals surface area contributed by atoms with E-state index in [0.29, 0.717) is 24.9 Å². The minimum absolute atomic E-state index is 0.00700. The van der Waals surface area contributed by atoms with Crippen LogP contribution in [0.1, 0.15) is 34.3 Å². The summed E-state index contributed by atoms with van der Waals surface area (Å²) in [5.74, 6) is 0.0264. The molecule has 0 aliphatic carbocycles. The quantitative estimate of drug-likeness (QED) is 0.624. The van der Waals surface area contributed by atoms with Gasteiger partial charge in [0.1, 0.15) is 0 Å². The maximum atomic E-state index is 12.5. The molecule has 2 saturated heterocycles. The summed E-state index contributed by atoms with van der Waals surface area (Å²) in [5.41, 5.74) is 2.68. The molecule has 5 nitrogen and oxygen atoms in total. The number of nitrogens with zero attached hydrogens (tertiary/aromatic N) is 1. The molecular weight excluding hydrogens is 314 g/mol. The molecule has 6 heteroatoms. The number of hydrogen-bond donors (Lipinski definition) is 0. The van der Waals surface area contributed by atoms with Crippen LogP contribution in [0.25, 0.3) is 0 Å². The van der Waals surface area contributed by atoms with Crippen LogP contribution in [0.3, 0.4) is 0 Å². The molecule has 0 bridgehead atoms. The molecule has 0 N–H and O–H groups in total. The minimum atomic E-state index is -0.902. The number of fused-ring (bicyclic) bond motifs is 1. The van der Waals surface area contributed by atoms with E-state index < -0.39 is 10.8 Å². The summed E-state index contributed by atoms with van der Waals surface area (Å²) < 4.78 is 5.26. The normalized spacial score (nSPS) is 23.0. The molecule has 0 aromatic heterocycles. The molecule has 2 heterocycles. The summed E-state index contributed by atoms with van der Waals surface area (Å²) in [4.78, 5) is 37.2. The number of carbonyl (C=O) groups excluding carboxylic acids is 3. The minimum Gasteiger partial charge on any atom is -0.455 e. The number of esters is 1. The number of carbonyl (C=O) groups is 3. The topological polar surface area (TPSA) is 63.7 Å². The molecule has 1 atom stereocenters. The first-order valence-electron chi connectivity index (χ1n) is 7.66. The van der Waals surface area contributed by atoms with Crippen molar-refractivity contribution in [3.8, 4) is 0 Å². The van der Waals surface area contributed by atoms with Crippen molar-refractivity contribution < 1.29 is 19.1 Å². The predicted octanol–water partition coefficient (Wildman–Crippen LogP) is 2.09. The summed E-state index contributed by atoms with van der Waals surface area (Å²) >= 11 is 1.44. The van der Waals surface area contributed by atoms with Gasteiger partial charge in [0.2, 0.25) is 5.91 Å². The SMILES string of the molecule is Cc1ccc(C(=O)COC(=O)[C@@]23CCC(=O)N2CCS3)cc1C. The number of ketones is 1. The highest BCUT2D eigenvalue weighted by Crippen LogP contribution is 2.45. The van der Waals surface area contributed by atoms with Gasteiger partial charge in [0.25, 0.3) is 0 Å². The van der Waals surface area contributed by atoms with Gasteiger partial charge in [0.05, 0.1) is 0 Å². The Balaban J connectivity index is 1.66. The first-order valence-corrected chi connectivity index (χ1v) is 8.65. The second kappa shape index (κ2) is 6.00. The Morgan fingerprint density at radius 3 is 2.83 bits per heavy atom. The standard InChI is InChI=1S/C17H19NO4S/c1-11-3-4-13(9-12(11)2)14(19)10-22-16(21)17-6-5-15(20)18(17)7-8-23-17/h3-4,9H,5-8,10H2,1-2H3/t17-/m0/s1. The fourth-order valence-corrected chi connectivity index (χ4v) is 4.41. The van der Waals surface area contributed by atoms with E-state index in [9.17, 15) is 14.4 Å². The molecule has 1 aromatic rings. The van der Waals surface area contributed by atoms with E-state index >= 15 is 0 Å². The van der Waals surface area contributed by atoms with Crippen LogP contribution < -0.4 is 0 Å². The molecule has 122 valence electrons. The zero-order chi connectivity index (χ0) is 16.6. The van der Waals surface area contributed by atoms with Crippen LogP contribution >= 0.6 is 11.8 Å². The lowest BCUT2D eigenvalue weighted by Crippen LogP contribution is -2.46. The lowest BCUT2D eigenvalue weighted by Gasteiger charge is -2.28. The Bertz CT molecular complexity index is 687. The van der Waals surface area contributed by atoms with Crippen molar-refractivity contribution in [1.29, 1.82) is 0 Å². The van der Waals surface area contributed by atoms with Gasteiger partial charge in [0, 0.05) is 24.3 Å². The van der Waals surface area contributed by atoms with Crippen LogP contribution in [0.15, 0.2) is 18.2 Å². The number of Topliss-reactive ketones (excluding diaryl/α,β-unsaturated/α-hetero) is 1. The Morgan fingerprint density at radius 2 is 2.09 bits per heavy atom. The van der Waals surface area contributed by atoms with Gasteiger partial charge in [-0.3, -0.25) is 9.59 Å². The van der Waals surface area contributed by atoms with Crippen LogP contribution in [0, 0.1) is 13.8 Å². The van der Waals surface area contributed by atoms with Crippen molar-refractivity contribution in [3.05, 3.63) is 34.9 Å². The number of ether oxygens (including phenoxy) is 1. The Hall–Kier alpha value is -1.82. The molecule has 2 fully saturated rings. The Morgan fingerprint density at radius 1 is 1.30 bits per heavy atom. The van der Waals surface area contributed by atoms with Gasteiger partial charge in [-0.05, 0) is 37.5 Å². The first kappa shape index (κ1) is 16.1. The van der Waals surface area contributed by atoms with E-state index in [1.807, 2.05) is 19.9 Å². The summed E-state index contributed by atoms with van der Waals surface area (Å²) in [6.07, 6.45) is 0.834. The average molecular weight is 333 g/mol. The molecule has 23 heavy (non-hydrogen) atoms. The summed E-state index contributed by atoms with van der Waals surface area (Å²) in [7, 11) is 0. The third-order valence-electron chi connectivity index (χ3n) is 4.55. The average Bonchev–Trinajstić information content (AvgIpc) is 3.09. The van der Waals surface area contributed by atoms with Gasteiger partial charge >= 0.3 is 5.97 Å². The molecule has 2 aliphatic heterocycles. The molecule has 1 amide bonds. The molecule has 2 aliphatic rings. The third-order valence-corrected chi connectivity index (χ3v) is 6.01. The molecular formula is C17H19NO4S. The monoisotopic (exact) mass is 333 g/mol. The van der Waals surface area contributed by atoms with Crippen molar-refractivity contribution >= 4 is 29.4 Å². The maximum absolute atomic E-state index is 12.5. The summed E-state index contributed by atoms with van der Waals surface area (Å²) in [6.45, 7) is 4.20. The van der Waals surface area contributed by atoms with E-state index in [1.165, 1.54) is 11.8 Å². The zero-order valence-corrected chi connectivity index (χ0v) is 14.1. The Labute approximate surface area is 139 Å². The first-order chi connectivity index (χ1) is 10.9. The van der Waals surface area contributed by atoms with E-state index in [0.717, 1.165) is 16.9 Å². The molecule has 3 rings (SSSR count). The summed E-state index contributed by atoms with van der Waals surface area (Å²) in [6, 6.07) is 5.43. The lowest BCUT2D eigenvalue weighted by atomic mass is 10.0. The van der Waals surface area contributed by atoms with Crippen LogP contribution in [-0.4, -0.2) is 46.3 Å². The van der Waals surface area contributed by atoms with Gasteiger partial charge < -0.3 is 9.64 Å². The highest BCUT2D eigenvalue weighted by molar-refractivity contribution is 8.01. The maximum Gasteiger partial charge on any atom is 0.343 e. The van der Waals surface area contributed by atoms with E-state index in [2.05, 4.69) is 0 Å². The third kappa shape index (κ3) is 2.76. The number of amides is 1. The van der Waals surface area contributed by atoms with Gasteiger partial charge in [-0.25, -0.2) is 4.79 Å². The fourth-order valence-electron chi connectivity index (χ4n) is 3.02. The van der Waals surface area contributed by atoms with Crippen molar-refractivity contribution in [2.24, 2.45) is 0 Å². The van der Waals surface area contributed by atoms with E-state index in [4.69, 9.17) is 4.74 Å². The van der Waals surface area contributed by atoms with E-state index in [-0.39, 0.29) is 18.3 Å². The smallest absolute Gasteiger partial charge is 0.343 e. The second-order valence-corrected chi connectivity index (χ2v) is 7.35. The Kier molecular flexibility index (Phi) is 4.19. The highest BCUT2D eigenvalue weighted by Gasteiger charge is 2.56. The second-order valence-electron chi connectivity index (χ2n) is 5.98. The van der Waals surface area contributed by atoms with Crippen molar-refractivity contribution in [3.63, 3.8) is 0 Å². The highest BCUT2D eigenvalue weighted by atomic mass is 32.2. The van der Waals surface area contributed by atoms with Crippen molar-refractivity contribution in [1.82, 2.24) is 4.90 Å². The molecule has 1 aromatic carbocycles. The van der Waals surface area contributed by atoms with Crippen LogP contribution in [0.5, 0.6) is 0 Å². The number of benzene rings is 1.